The predicted molar refractivity (Wildman–Crippen MR) is 28.4 cm³/mol. The Morgan fingerprint density at radius 1 is 1.88 bits per heavy atom. The molecule has 0 spiro atoms. The fourth-order valence-corrected chi connectivity index (χ4v) is 1.04. The molecule has 0 aromatic rings. The molecule has 0 bridgehead atoms. The van der Waals surface area contributed by atoms with Crippen LogP contribution in [0, 0.1) is 0 Å². The summed E-state index contributed by atoms with van der Waals surface area (Å²) in [4.78, 5) is 20.1. The zero-order valence-electron chi connectivity index (χ0n) is 3.99. The lowest BCUT2D eigenvalue weighted by molar-refractivity contribution is -0.142. The molecule has 8 heavy (non-hydrogen) atoms. The van der Waals surface area contributed by atoms with Crippen molar-refractivity contribution in [2.45, 2.75) is 5.44 Å². The van der Waals surface area contributed by atoms with Gasteiger partial charge >= 0.3 is 5.97 Å². The molecule has 3 nitrogen and oxygen atoms in total. The van der Waals surface area contributed by atoms with Crippen LogP contribution in [0.2, 0.25) is 0 Å². The van der Waals surface area contributed by atoms with Crippen molar-refractivity contribution in [3.05, 3.63) is 0 Å². The van der Waals surface area contributed by atoms with Crippen molar-refractivity contribution >= 4 is 24.0 Å². The molecule has 4 heteroatoms. The smallest absolute Gasteiger partial charge is 0.317 e. The molecule has 0 amide bonds. The van der Waals surface area contributed by atoms with E-state index in [1.54, 1.807) is 0 Å². The maximum absolute atomic E-state index is 10.2. The van der Waals surface area contributed by atoms with Gasteiger partial charge in [-0.3, -0.25) is 9.59 Å². The zero-order chi connectivity index (χ0) is 5.98. The largest absolute Gasteiger partial charge is 0.443 e. The molecule has 1 aliphatic heterocycles. The Hall–Kier alpha value is -0.510. The van der Waals surface area contributed by atoms with Crippen molar-refractivity contribution in [3.63, 3.8) is 0 Å². The summed E-state index contributed by atoms with van der Waals surface area (Å²) < 4.78 is 4.47. The van der Waals surface area contributed by atoms with E-state index in [0.29, 0.717) is 12.0 Å². The standard InChI is InChI=1S/C4H4O3S/c5-1-4-7-3(6)2-8-4/h1,4H,2H2/t4-/m1/s1. The van der Waals surface area contributed by atoms with Gasteiger partial charge in [0.2, 0.25) is 5.44 Å². The van der Waals surface area contributed by atoms with E-state index in [4.69, 9.17) is 0 Å². The SMILES string of the molecule is O=C[C@@H]1OC(=O)CS1. The van der Waals surface area contributed by atoms with Gasteiger partial charge < -0.3 is 4.74 Å². The molecule has 0 aromatic carbocycles. The quantitative estimate of drug-likeness (QED) is 0.366. The highest BCUT2D eigenvalue weighted by molar-refractivity contribution is 8.01. The minimum absolute atomic E-state index is 0.299. The fourth-order valence-electron chi connectivity index (χ4n) is 0.415. The zero-order valence-corrected chi connectivity index (χ0v) is 4.81. The molecule has 0 radical (unpaired) electrons. The summed E-state index contributed by atoms with van der Waals surface area (Å²) in [7, 11) is 0. The summed E-state index contributed by atoms with van der Waals surface area (Å²) in [6.45, 7) is 0. The number of rotatable bonds is 1. The molecule has 1 atom stereocenters. The number of hydrogen-bond donors (Lipinski definition) is 0. The number of carbonyl (C=O) groups is 2. The van der Waals surface area contributed by atoms with Crippen LogP contribution in [0.1, 0.15) is 0 Å². The van der Waals surface area contributed by atoms with Crippen molar-refractivity contribution < 1.29 is 14.3 Å². The number of esters is 1. The van der Waals surface area contributed by atoms with E-state index >= 15 is 0 Å². The Bertz CT molecular complexity index is 122. The van der Waals surface area contributed by atoms with E-state index in [2.05, 4.69) is 4.74 Å². The molecular weight excluding hydrogens is 128 g/mol. The summed E-state index contributed by atoms with van der Waals surface area (Å²) >= 11 is 1.21. The lowest BCUT2D eigenvalue weighted by Crippen LogP contribution is -2.04. The minimum atomic E-state index is -0.539. The second kappa shape index (κ2) is 2.17. The van der Waals surface area contributed by atoms with Crippen molar-refractivity contribution in [1.29, 1.82) is 0 Å². The number of aldehydes is 1. The van der Waals surface area contributed by atoms with Gasteiger partial charge in [-0.15, -0.1) is 0 Å². The Morgan fingerprint density at radius 2 is 2.62 bits per heavy atom. The molecule has 0 aliphatic carbocycles. The predicted octanol–water partition coefficient (Wildman–Crippen LogP) is -0.199. The number of thioether (sulfide) groups is 1. The van der Waals surface area contributed by atoms with Crippen molar-refractivity contribution in [1.82, 2.24) is 0 Å². The number of ether oxygens (including phenoxy) is 1. The number of cyclic esters (lactones) is 1. The van der Waals surface area contributed by atoms with Gasteiger partial charge in [-0.1, -0.05) is 11.8 Å². The lowest BCUT2D eigenvalue weighted by Gasteiger charge is -1.93. The maximum Gasteiger partial charge on any atom is 0.317 e. The van der Waals surface area contributed by atoms with Crippen LogP contribution in [0.25, 0.3) is 0 Å². The monoisotopic (exact) mass is 132 g/mol. The van der Waals surface area contributed by atoms with Crippen LogP contribution in [0.15, 0.2) is 0 Å². The molecular formula is C4H4O3S. The molecule has 1 aliphatic rings. The van der Waals surface area contributed by atoms with Gasteiger partial charge in [0.05, 0.1) is 5.75 Å². The summed E-state index contributed by atoms with van der Waals surface area (Å²) in [5.41, 5.74) is -0.539. The average Bonchev–Trinajstić information content (AvgIpc) is 2.14. The highest BCUT2D eigenvalue weighted by Crippen LogP contribution is 2.17. The Morgan fingerprint density at radius 3 is 2.88 bits per heavy atom. The minimum Gasteiger partial charge on any atom is -0.443 e. The van der Waals surface area contributed by atoms with E-state index in [-0.39, 0.29) is 5.97 Å². The highest BCUT2D eigenvalue weighted by atomic mass is 32.2. The van der Waals surface area contributed by atoms with Gasteiger partial charge in [-0.2, -0.15) is 0 Å². The molecule has 1 rings (SSSR count). The van der Waals surface area contributed by atoms with E-state index in [0.717, 1.165) is 0 Å². The third kappa shape index (κ3) is 1.01. The fraction of sp³-hybridized carbons (Fsp3) is 0.500. The molecule has 0 unspecified atom stereocenters. The van der Waals surface area contributed by atoms with Gasteiger partial charge in [-0.25, -0.2) is 0 Å². The molecule has 1 saturated heterocycles. The average molecular weight is 132 g/mol. The van der Waals surface area contributed by atoms with Gasteiger partial charge in [0.1, 0.15) is 0 Å². The van der Waals surface area contributed by atoms with E-state index < -0.39 is 5.44 Å². The van der Waals surface area contributed by atoms with E-state index in [1.165, 1.54) is 11.8 Å². The molecule has 1 heterocycles. The molecule has 0 N–H and O–H groups in total. The normalized spacial score (nSPS) is 27.5. The van der Waals surface area contributed by atoms with E-state index in [9.17, 15) is 9.59 Å². The molecule has 1 fully saturated rings. The Balaban J connectivity index is 2.43. The van der Waals surface area contributed by atoms with Crippen LogP contribution in [0.5, 0.6) is 0 Å². The van der Waals surface area contributed by atoms with Crippen LogP contribution in [-0.4, -0.2) is 23.4 Å². The van der Waals surface area contributed by atoms with Gasteiger partial charge in [-0.05, 0) is 0 Å². The van der Waals surface area contributed by atoms with Crippen LogP contribution in [0.3, 0.4) is 0 Å². The summed E-state index contributed by atoms with van der Waals surface area (Å²) in [5.74, 6) is 0.00995. The van der Waals surface area contributed by atoms with Gasteiger partial charge in [0, 0.05) is 0 Å². The number of hydrogen-bond acceptors (Lipinski definition) is 4. The third-order valence-electron chi connectivity index (χ3n) is 0.724. The van der Waals surface area contributed by atoms with Crippen LogP contribution in [0.4, 0.5) is 0 Å². The van der Waals surface area contributed by atoms with Crippen LogP contribution < -0.4 is 0 Å². The van der Waals surface area contributed by atoms with Gasteiger partial charge in [0.25, 0.3) is 0 Å². The second-order valence-corrected chi connectivity index (χ2v) is 2.39. The van der Waals surface area contributed by atoms with Gasteiger partial charge in [0.15, 0.2) is 6.29 Å². The molecule has 44 valence electrons. The van der Waals surface area contributed by atoms with Crippen molar-refractivity contribution in [3.8, 4) is 0 Å². The van der Waals surface area contributed by atoms with Crippen molar-refractivity contribution in [2.24, 2.45) is 0 Å². The second-order valence-electron chi connectivity index (χ2n) is 1.31. The Labute approximate surface area is 50.4 Å². The molecule has 0 aromatic heterocycles. The maximum atomic E-state index is 10.2. The summed E-state index contributed by atoms with van der Waals surface area (Å²) in [6, 6.07) is 0. The summed E-state index contributed by atoms with van der Waals surface area (Å²) in [6.07, 6.45) is 0.621. The Kier molecular flexibility index (Phi) is 1.53. The van der Waals surface area contributed by atoms with E-state index in [1.807, 2.05) is 0 Å². The lowest BCUT2D eigenvalue weighted by atomic mass is 10.8. The topological polar surface area (TPSA) is 43.4 Å². The number of carbonyl (C=O) groups excluding carboxylic acids is 2. The van der Waals surface area contributed by atoms with Crippen molar-refractivity contribution in [2.75, 3.05) is 5.75 Å². The molecule has 0 saturated carbocycles. The summed E-state index contributed by atoms with van der Waals surface area (Å²) in [5, 5.41) is 0. The highest BCUT2D eigenvalue weighted by Gasteiger charge is 2.22. The first-order chi connectivity index (χ1) is 3.83. The first-order valence-corrected chi connectivity index (χ1v) is 3.14. The van der Waals surface area contributed by atoms with Crippen LogP contribution >= 0.6 is 11.8 Å². The first kappa shape index (κ1) is 5.62. The first-order valence-electron chi connectivity index (χ1n) is 2.09. The third-order valence-corrected chi connectivity index (χ3v) is 1.66. The van der Waals surface area contributed by atoms with Crippen LogP contribution in [-0.2, 0) is 14.3 Å².